The van der Waals surface area contributed by atoms with Crippen molar-refractivity contribution in [3.63, 3.8) is 0 Å². The number of hydrogen-bond donors (Lipinski definition) is 0. The Labute approximate surface area is 192 Å². The summed E-state index contributed by atoms with van der Waals surface area (Å²) in [6.07, 6.45) is 3.84. The van der Waals surface area contributed by atoms with Gasteiger partial charge >= 0.3 is 0 Å². The van der Waals surface area contributed by atoms with Gasteiger partial charge in [-0.3, -0.25) is 4.79 Å². The fourth-order valence-electron chi connectivity index (χ4n) is 5.22. The molecule has 2 heterocycles. The number of nitriles is 2. The van der Waals surface area contributed by atoms with Crippen LogP contribution in [0.15, 0.2) is 84.9 Å². The number of anilines is 1. The topological polar surface area (TPSA) is 77.1 Å². The molecule has 0 amide bonds. The Morgan fingerprint density at radius 1 is 0.970 bits per heavy atom. The van der Waals surface area contributed by atoms with Crippen molar-refractivity contribution in [1.82, 2.24) is 0 Å². The summed E-state index contributed by atoms with van der Waals surface area (Å²) in [7, 11) is 1.56. The minimum Gasteiger partial charge on any atom is -0.497 e. The summed E-state index contributed by atoms with van der Waals surface area (Å²) in [5, 5.41) is 20.8. The van der Waals surface area contributed by atoms with Gasteiger partial charge in [0.2, 0.25) is 0 Å². The van der Waals surface area contributed by atoms with Gasteiger partial charge in [0.05, 0.1) is 25.3 Å². The number of carbonyl (C=O) groups is 1. The van der Waals surface area contributed by atoms with Gasteiger partial charge in [-0.15, -0.1) is 0 Å². The highest BCUT2D eigenvalue weighted by molar-refractivity contribution is 6.04. The first-order valence-corrected chi connectivity index (χ1v) is 10.8. The van der Waals surface area contributed by atoms with Gasteiger partial charge in [0.1, 0.15) is 11.8 Å². The number of rotatable bonds is 4. The Bertz CT molecular complexity index is 1320. The average molecular weight is 431 g/mol. The number of Topliss-reactive ketones (excluding diaryl/α,β-unsaturated/α-hetero) is 1. The van der Waals surface area contributed by atoms with E-state index in [1.54, 1.807) is 31.4 Å². The molecular formula is C28H21N3O2. The summed E-state index contributed by atoms with van der Waals surface area (Å²) in [5.74, 6) is -0.212. The molecule has 33 heavy (non-hydrogen) atoms. The van der Waals surface area contributed by atoms with Crippen molar-refractivity contribution < 1.29 is 9.53 Å². The van der Waals surface area contributed by atoms with Gasteiger partial charge in [-0.25, -0.2) is 0 Å². The fourth-order valence-corrected chi connectivity index (χ4v) is 5.22. The normalized spacial score (nSPS) is 21.9. The Morgan fingerprint density at radius 2 is 1.70 bits per heavy atom. The third kappa shape index (κ3) is 3.02. The van der Waals surface area contributed by atoms with Crippen LogP contribution in [-0.2, 0) is 0 Å². The van der Waals surface area contributed by atoms with E-state index in [1.165, 1.54) is 0 Å². The van der Waals surface area contributed by atoms with Crippen molar-refractivity contribution in [2.75, 3.05) is 12.0 Å². The van der Waals surface area contributed by atoms with Crippen LogP contribution in [0.3, 0.4) is 0 Å². The van der Waals surface area contributed by atoms with Crippen molar-refractivity contribution in [3.8, 4) is 17.9 Å². The molecule has 0 bridgehead atoms. The second-order valence-electron chi connectivity index (χ2n) is 8.29. The van der Waals surface area contributed by atoms with E-state index in [0.29, 0.717) is 11.3 Å². The number of carbonyl (C=O) groups excluding carboxylic acids is 1. The van der Waals surface area contributed by atoms with Crippen molar-refractivity contribution in [1.29, 1.82) is 10.5 Å². The van der Waals surface area contributed by atoms with Gasteiger partial charge < -0.3 is 9.64 Å². The lowest BCUT2D eigenvalue weighted by Gasteiger charge is -2.35. The van der Waals surface area contributed by atoms with Crippen molar-refractivity contribution in [2.24, 2.45) is 5.41 Å². The van der Waals surface area contributed by atoms with Crippen LogP contribution in [0.2, 0.25) is 0 Å². The molecule has 0 N–H and O–H groups in total. The quantitative estimate of drug-likeness (QED) is 0.545. The predicted molar refractivity (Wildman–Crippen MR) is 126 cm³/mol. The van der Waals surface area contributed by atoms with Crippen LogP contribution in [0.5, 0.6) is 5.75 Å². The molecule has 0 unspecified atom stereocenters. The minimum absolute atomic E-state index is 0.148. The molecule has 0 aliphatic carbocycles. The van der Waals surface area contributed by atoms with Crippen LogP contribution in [0.4, 0.5) is 5.69 Å². The summed E-state index contributed by atoms with van der Waals surface area (Å²) in [5.41, 5.74) is 1.64. The highest BCUT2D eigenvalue weighted by Crippen LogP contribution is 2.55. The van der Waals surface area contributed by atoms with Gasteiger partial charge in [0, 0.05) is 17.2 Å². The Morgan fingerprint density at radius 3 is 2.42 bits per heavy atom. The number of fused-ring (bicyclic) bond motifs is 3. The third-order valence-electron chi connectivity index (χ3n) is 6.70. The largest absolute Gasteiger partial charge is 0.497 e. The summed E-state index contributed by atoms with van der Waals surface area (Å²) in [4.78, 5) is 16.1. The van der Waals surface area contributed by atoms with E-state index in [9.17, 15) is 15.3 Å². The molecule has 0 radical (unpaired) electrons. The third-order valence-corrected chi connectivity index (χ3v) is 6.70. The minimum atomic E-state index is -1.44. The van der Waals surface area contributed by atoms with Crippen molar-refractivity contribution in [3.05, 3.63) is 102 Å². The molecule has 3 atom stereocenters. The summed E-state index contributed by atoms with van der Waals surface area (Å²) in [6.45, 7) is 0. The first-order chi connectivity index (χ1) is 16.1. The standard InChI is InChI=1S/C28H21N3O2/c1-33-22-12-7-11-21(16-22)27(32)26-25(20-9-3-2-4-10-20)28(17-29,18-30)24-15-14-19-8-5-6-13-23(19)31(24)26/h2-16,24-26H,1H3/t24-,25-,26+/m0/s1. The van der Waals surface area contributed by atoms with Crippen molar-refractivity contribution >= 4 is 17.5 Å². The lowest BCUT2D eigenvalue weighted by atomic mass is 9.69. The zero-order valence-electron chi connectivity index (χ0n) is 18.1. The second-order valence-corrected chi connectivity index (χ2v) is 8.29. The number of nitrogens with zero attached hydrogens (tertiary/aromatic N) is 3. The van der Waals surface area contributed by atoms with E-state index in [4.69, 9.17) is 4.74 Å². The SMILES string of the molecule is COc1cccc(C(=O)[C@H]2[C@H](c3ccccc3)C(C#N)(C#N)[C@@H]3C=Cc4ccccc4N32)c1. The van der Waals surface area contributed by atoms with Crippen LogP contribution < -0.4 is 9.64 Å². The predicted octanol–water partition coefficient (Wildman–Crippen LogP) is 4.98. The number of ether oxygens (including phenoxy) is 1. The molecule has 160 valence electrons. The first-order valence-electron chi connectivity index (χ1n) is 10.8. The number of benzene rings is 3. The van der Waals surface area contributed by atoms with Gasteiger partial charge in [-0.1, -0.05) is 72.8 Å². The smallest absolute Gasteiger partial charge is 0.186 e. The molecule has 5 nitrogen and oxygen atoms in total. The maximum Gasteiger partial charge on any atom is 0.186 e. The van der Waals surface area contributed by atoms with Crippen molar-refractivity contribution in [2.45, 2.75) is 18.0 Å². The first kappa shape index (κ1) is 20.5. The summed E-state index contributed by atoms with van der Waals surface area (Å²) >= 11 is 0. The van der Waals surface area contributed by atoms with E-state index in [1.807, 2.05) is 71.6 Å². The summed E-state index contributed by atoms with van der Waals surface area (Å²) in [6, 6.07) is 27.6. The Hall–Kier alpha value is -4.35. The van der Waals surface area contributed by atoms with E-state index < -0.39 is 23.4 Å². The highest BCUT2D eigenvalue weighted by Gasteiger charge is 2.63. The highest BCUT2D eigenvalue weighted by atomic mass is 16.5. The number of ketones is 1. The van der Waals surface area contributed by atoms with Gasteiger partial charge in [0.25, 0.3) is 0 Å². The molecule has 3 aromatic carbocycles. The van der Waals surface area contributed by atoms with Crippen LogP contribution >= 0.6 is 0 Å². The van der Waals surface area contributed by atoms with Gasteiger partial charge in [0.15, 0.2) is 11.2 Å². The maximum absolute atomic E-state index is 14.1. The molecule has 1 fully saturated rings. The van der Waals surface area contributed by atoms with Crippen LogP contribution in [0.1, 0.15) is 27.4 Å². The molecule has 0 aromatic heterocycles. The molecule has 0 saturated carbocycles. The number of methoxy groups -OCH3 is 1. The van der Waals surface area contributed by atoms with E-state index in [0.717, 1.165) is 16.8 Å². The van der Waals surface area contributed by atoms with E-state index >= 15 is 0 Å². The lowest BCUT2D eigenvalue weighted by molar-refractivity contribution is 0.0950. The number of para-hydroxylation sites is 1. The second kappa shape index (κ2) is 7.97. The summed E-state index contributed by atoms with van der Waals surface area (Å²) < 4.78 is 5.34. The monoisotopic (exact) mass is 431 g/mol. The van der Waals surface area contributed by atoms with Crippen LogP contribution in [-0.4, -0.2) is 25.0 Å². The molecule has 2 aliphatic heterocycles. The van der Waals surface area contributed by atoms with E-state index in [-0.39, 0.29) is 5.78 Å². The van der Waals surface area contributed by atoms with E-state index in [2.05, 4.69) is 12.1 Å². The zero-order valence-corrected chi connectivity index (χ0v) is 18.1. The lowest BCUT2D eigenvalue weighted by Crippen LogP contribution is -2.44. The van der Waals surface area contributed by atoms with Crippen LogP contribution in [0, 0.1) is 28.1 Å². The molecular weight excluding hydrogens is 410 g/mol. The molecule has 5 rings (SSSR count). The van der Waals surface area contributed by atoms with Gasteiger partial charge in [-0.05, 0) is 29.3 Å². The molecule has 3 aromatic rings. The Kier molecular flexibility index (Phi) is 4.96. The van der Waals surface area contributed by atoms with Crippen LogP contribution in [0.25, 0.3) is 6.08 Å². The average Bonchev–Trinajstić information content (AvgIpc) is 3.19. The molecule has 5 heteroatoms. The Balaban J connectivity index is 1.77. The zero-order chi connectivity index (χ0) is 23.0. The molecule has 1 saturated heterocycles. The maximum atomic E-state index is 14.1. The molecule has 0 spiro atoms. The fraction of sp³-hybridized carbons (Fsp3) is 0.179. The molecule has 2 aliphatic rings. The van der Waals surface area contributed by atoms with Gasteiger partial charge in [-0.2, -0.15) is 10.5 Å². The number of hydrogen-bond acceptors (Lipinski definition) is 5.